The highest BCUT2D eigenvalue weighted by atomic mass is 35.5. The highest BCUT2D eigenvalue weighted by molar-refractivity contribution is 6.34. The molecule has 0 heterocycles. The maximum absolute atomic E-state index is 12.5. The number of carbonyl (C=O) groups excluding carboxylic acids is 2. The topological polar surface area (TPSA) is 34.1 Å². The molecule has 3 rings (SSSR count). The van der Waals surface area contributed by atoms with Crippen molar-refractivity contribution in [2.45, 2.75) is 31.6 Å². The van der Waals surface area contributed by atoms with E-state index in [9.17, 15) is 9.59 Å². The van der Waals surface area contributed by atoms with Gasteiger partial charge in [-0.3, -0.25) is 9.59 Å². The van der Waals surface area contributed by atoms with Crippen LogP contribution in [-0.2, 0) is 9.59 Å². The fraction of sp³-hybridized carbons (Fsp3) is 0.467. The number of hydrogen-bond donors (Lipinski definition) is 0. The first-order chi connectivity index (χ1) is 9.09. The molecule has 2 nitrogen and oxygen atoms in total. The minimum Gasteiger partial charge on any atom is -0.298 e. The van der Waals surface area contributed by atoms with Gasteiger partial charge in [-0.25, -0.2) is 0 Å². The second-order valence-corrected chi connectivity index (χ2v) is 6.24. The average molecular weight is 297 g/mol. The summed E-state index contributed by atoms with van der Waals surface area (Å²) in [5, 5.41) is 0.963. The predicted molar refractivity (Wildman–Crippen MR) is 74.7 cm³/mol. The van der Waals surface area contributed by atoms with Gasteiger partial charge in [-0.15, -0.1) is 0 Å². The molecule has 0 bridgehead atoms. The molecule has 2 fully saturated rings. The number of rotatable bonds is 1. The van der Waals surface area contributed by atoms with E-state index in [1.807, 2.05) is 0 Å². The molecule has 2 saturated carbocycles. The van der Waals surface area contributed by atoms with E-state index in [4.69, 9.17) is 23.2 Å². The first-order valence-corrected chi connectivity index (χ1v) is 7.37. The van der Waals surface area contributed by atoms with Crippen molar-refractivity contribution in [3.63, 3.8) is 0 Å². The van der Waals surface area contributed by atoms with Gasteiger partial charge in [-0.05, 0) is 36.6 Å². The Balaban J connectivity index is 2.03. The number of halogens is 2. The van der Waals surface area contributed by atoms with Crippen LogP contribution in [0, 0.1) is 11.8 Å². The summed E-state index contributed by atoms with van der Waals surface area (Å²) in [6.07, 6.45) is 3.75. The van der Waals surface area contributed by atoms with Gasteiger partial charge in [0.15, 0.2) is 11.6 Å². The molecule has 4 heteroatoms. The van der Waals surface area contributed by atoms with E-state index in [1.165, 1.54) is 0 Å². The lowest BCUT2D eigenvalue weighted by atomic mass is 9.81. The van der Waals surface area contributed by atoms with Gasteiger partial charge < -0.3 is 0 Å². The lowest BCUT2D eigenvalue weighted by Gasteiger charge is -2.21. The van der Waals surface area contributed by atoms with E-state index >= 15 is 0 Å². The van der Waals surface area contributed by atoms with Gasteiger partial charge in [0, 0.05) is 21.9 Å². The summed E-state index contributed by atoms with van der Waals surface area (Å²) in [5.41, 5.74) is 0.582. The van der Waals surface area contributed by atoms with Crippen LogP contribution < -0.4 is 0 Å². The number of Topliss-reactive ketones (excluding diaryl/α,β-unsaturated/α-hetero) is 2. The summed E-state index contributed by atoms with van der Waals surface area (Å²) in [4.78, 5) is 25.0. The second-order valence-electron chi connectivity index (χ2n) is 5.40. The summed E-state index contributed by atoms with van der Waals surface area (Å²) < 4.78 is 0. The second kappa shape index (κ2) is 4.92. The van der Waals surface area contributed by atoms with E-state index in [0.29, 0.717) is 15.6 Å². The van der Waals surface area contributed by atoms with E-state index < -0.39 is 5.92 Å². The van der Waals surface area contributed by atoms with Gasteiger partial charge >= 0.3 is 0 Å². The average Bonchev–Trinajstić information content (AvgIpc) is 2.66. The fourth-order valence-electron chi connectivity index (χ4n) is 3.42. The summed E-state index contributed by atoms with van der Waals surface area (Å²) in [6, 6.07) is 4.98. The Morgan fingerprint density at radius 2 is 1.53 bits per heavy atom. The molecule has 0 amide bonds. The fourth-order valence-corrected chi connectivity index (χ4v) is 3.83. The van der Waals surface area contributed by atoms with Crippen LogP contribution in [0.5, 0.6) is 0 Å². The number of carbonyl (C=O) groups is 2. The van der Waals surface area contributed by atoms with Crippen molar-refractivity contribution < 1.29 is 9.59 Å². The highest BCUT2D eigenvalue weighted by Gasteiger charge is 2.50. The Kier molecular flexibility index (Phi) is 3.40. The molecule has 0 aliphatic heterocycles. The quantitative estimate of drug-likeness (QED) is 0.733. The SMILES string of the molecule is O=C1C(c2cc(Cl)ccc2Cl)C(=O)C2CCCCC12. The van der Waals surface area contributed by atoms with Crippen molar-refractivity contribution in [1.82, 2.24) is 0 Å². The largest absolute Gasteiger partial charge is 0.298 e. The van der Waals surface area contributed by atoms with Crippen molar-refractivity contribution in [3.8, 4) is 0 Å². The summed E-state index contributed by atoms with van der Waals surface area (Å²) in [6.45, 7) is 0. The van der Waals surface area contributed by atoms with Crippen molar-refractivity contribution in [2.75, 3.05) is 0 Å². The Bertz CT molecular complexity index is 529. The Hall–Kier alpha value is -0.860. The van der Waals surface area contributed by atoms with Gasteiger partial charge in [0.05, 0.1) is 0 Å². The van der Waals surface area contributed by atoms with Crippen LogP contribution in [0.15, 0.2) is 18.2 Å². The molecule has 0 aromatic heterocycles. The first-order valence-electron chi connectivity index (χ1n) is 6.62. The lowest BCUT2D eigenvalue weighted by molar-refractivity contribution is -0.125. The maximum atomic E-state index is 12.5. The van der Waals surface area contributed by atoms with Crippen LogP contribution >= 0.6 is 23.2 Å². The van der Waals surface area contributed by atoms with Crippen LogP contribution in [0.4, 0.5) is 0 Å². The molecule has 100 valence electrons. The Labute approximate surface area is 122 Å². The molecule has 0 saturated heterocycles. The van der Waals surface area contributed by atoms with Crippen LogP contribution in [0.1, 0.15) is 37.2 Å². The van der Waals surface area contributed by atoms with Crippen LogP contribution in [0.2, 0.25) is 10.0 Å². The summed E-state index contributed by atoms with van der Waals surface area (Å²) in [5.74, 6) is -0.806. The zero-order valence-corrected chi connectivity index (χ0v) is 11.9. The first kappa shape index (κ1) is 13.1. The summed E-state index contributed by atoms with van der Waals surface area (Å²) in [7, 11) is 0. The number of benzene rings is 1. The molecule has 2 aliphatic carbocycles. The van der Waals surface area contributed by atoms with Gasteiger partial charge in [0.2, 0.25) is 0 Å². The number of ketones is 2. The van der Waals surface area contributed by atoms with Gasteiger partial charge in [-0.1, -0.05) is 36.0 Å². The molecule has 0 N–H and O–H groups in total. The molecule has 1 aromatic carbocycles. The van der Waals surface area contributed by atoms with Gasteiger partial charge in [0.1, 0.15) is 5.92 Å². The molecule has 19 heavy (non-hydrogen) atoms. The van der Waals surface area contributed by atoms with Crippen LogP contribution in [0.25, 0.3) is 0 Å². The van der Waals surface area contributed by atoms with Crippen molar-refractivity contribution in [2.24, 2.45) is 11.8 Å². The standard InChI is InChI=1S/C15H14Cl2O2/c16-8-5-6-12(17)11(7-8)13-14(18)9-3-1-2-4-10(9)15(13)19/h5-7,9-10,13H,1-4H2. The Morgan fingerprint density at radius 1 is 0.947 bits per heavy atom. The predicted octanol–water partition coefficient (Wildman–Crippen LogP) is 4.04. The third kappa shape index (κ3) is 2.11. The normalized spacial score (nSPS) is 30.5. The number of fused-ring (bicyclic) bond motifs is 1. The third-order valence-corrected chi connectivity index (χ3v) is 4.91. The van der Waals surface area contributed by atoms with Crippen LogP contribution in [-0.4, -0.2) is 11.6 Å². The maximum Gasteiger partial charge on any atom is 0.151 e. The third-order valence-electron chi connectivity index (χ3n) is 4.33. The molecular formula is C15H14Cl2O2. The van der Waals surface area contributed by atoms with E-state index in [1.54, 1.807) is 18.2 Å². The number of hydrogen-bond acceptors (Lipinski definition) is 2. The van der Waals surface area contributed by atoms with Crippen molar-refractivity contribution in [1.29, 1.82) is 0 Å². The minimum atomic E-state index is -0.695. The molecule has 2 atom stereocenters. The van der Waals surface area contributed by atoms with E-state index in [0.717, 1.165) is 25.7 Å². The van der Waals surface area contributed by atoms with Crippen LogP contribution in [0.3, 0.4) is 0 Å². The highest BCUT2D eigenvalue weighted by Crippen LogP contribution is 2.45. The molecular weight excluding hydrogens is 283 g/mol. The van der Waals surface area contributed by atoms with Gasteiger partial charge in [0.25, 0.3) is 0 Å². The molecule has 0 radical (unpaired) electrons. The minimum absolute atomic E-state index is 0.0406. The van der Waals surface area contributed by atoms with Crippen molar-refractivity contribution in [3.05, 3.63) is 33.8 Å². The molecule has 0 spiro atoms. The van der Waals surface area contributed by atoms with Gasteiger partial charge in [-0.2, -0.15) is 0 Å². The summed E-state index contributed by atoms with van der Waals surface area (Å²) >= 11 is 12.1. The Morgan fingerprint density at radius 3 is 2.11 bits per heavy atom. The molecule has 2 aliphatic rings. The zero-order valence-electron chi connectivity index (χ0n) is 10.4. The van der Waals surface area contributed by atoms with Crippen molar-refractivity contribution >= 4 is 34.8 Å². The lowest BCUT2D eigenvalue weighted by Crippen LogP contribution is -2.21. The zero-order chi connectivity index (χ0) is 13.6. The van der Waals surface area contributed by atoms with E-state index in [-0.39, 0.29) is 23.4 Å². The molecule has 1 aromatic rings. The van der Waals surface area contributed by atoms with E-state index in [2.05, 4.69) is 0 Å². The molecule has 2 unspecified atom stereocenters. The monoisotopic (exact) mass is 296 g/mol. The smallest absolute Gasteiger partial charge is 0.151 e.